The Balaban J connectivity index is 1.67. The van der Waals surface area contributed by atoms with Gasteiger partial charge in [-0.05, 0) is 37.5 Å². The van der Waals surface area contributed by atoms with E-state index >= 15 is 0 Å². The molecule has 1 fully saturated rings. The molecular formula is C18H28N2O3. The highest BCUT2D eigenvalue weighted by molar-refractivity contribution is 5.76. The van der Waals surface area contributed by atoms with Crippen LogP contribution in [0.15, 0.2) is 24.3 Å². The van der Waals surface area contributed by atoms with Crippen LogP contribution < -0.4 is 4.74 Å². The van der Waals surface area contributed by atoms with Gasteiger partial charge in [-0.3, -0.25) is 9.69 Å². The monoisotopic (exact) mass is 320 g/mol. The van der Waals surface area contributed by atoms with E-state index in [1.807, 2.05) is 17.0 Å². The second-order valence-electron chi connectivity index (χ2n) is 6.23. The fourth-order valence-corrected chi connectivity index (χ4v) is 2.95. The van der Waals surface area contributed by atoms with E-state index in [0.717, 1.165) is 44.8 Å². The molecule has 1 heterocycles. The maximum atomic E-state index is 12.3. The van der Waals surface area contributed by atoms with Crippen LogP contribution in [0.1, 0.15) is 25.3 Å². The van der Waals surface area contributed by atoms with Crippen molar-refractivity contribution in [2.75, 3.05) is 39.8 Å². The summed E-state index contributed by atoms with van der Waals surface area (Å²) in [6.07, 6.45) is 2.08. The molecule has 0 aliphatic carbocycles. The van der Waals surface area contributed by atoms with Crippen LogP contribution in [0, 0.1) is 0 Å². The Kier molecular flexibility index (Phi) is 6.86. The van der Waals surface area contributed by atoms with Gasteiger partial charge in [0, 0.05) is 39.1 Å². The lowest BCUT2D eigenvalue weighted by Crippen LogP contribution is -2.50. The number of nitrogens with zero attached hydrogens (tertiary/aromatic N) is 2. The van der Waals surface area contributed by atoms with Gasteiger partial charge in [-0.1, -0.05) is 12.1 Å². The van der Waals surface area contributed by atoms with Gasteiger partial charge in [-0.25, -0.2) is 0 Å². The van der Waals surface area contributed by atoms with Gasteiger partial charge in [0.1, 0.15) is 5.75 Å². The van der Waals surface area contributed by atoms with Crippen LogP contribution in [0.2, 0.25) is 0 Å². The fourth-order valence-electron chi connectivity index (χ4n) is 2.95. The van der Waals surface area contributed by atoms with Gasteiger partial charge < -0.3 is 14.7 Å². The number of carbonyl (C=O) groups excluding carboxylic acids is 1. The van der Waals surface area contributed by atoms with Crippen LogP contribution in [0.5, 0.6) is 5.75 Å². The average molecular weight is 320 g/mol. The predicted molar refractivity (Wildman–Crippen MR) is 90.6 cm³/mol. The first-order chi connectivity index (χ1) is 11.1. The van der Waals surface area contributed by atoms with Crippen LogP contribution in [-0.2, 0) is 11.2 Å². The number of piperazine rings is 1. The first kappa shape index (κ1) is 17.8. The van der Waals surface area contributed by atoms with Crippen LogP contribution in [0.3, 0.4) is 0 Å². The molecule has 1 amide bonds. The maximum absolute atomic E-state index is 12.3. The van der Waals surface area contributed by atoms with Gasteiger partial charge in [-0.15, -0.1) is 0 Å². The number of aliphatic hydroxyl groups is 1. The van der Waals surface area contributed by atoms with Crippen LogP contribution in [0.25, 0.3) is 0 Å². The number of hydrogen-bond donors (Lipinski definition) is 1. The normalized spacial score (nSPS) is 17.1. The Labute approximate surface area is 138 Å². The van der Waals surface area contributed by atoms with Gasteiger partial charge in [0.05, 0.1) is 13.2 Å². The lowest BCUT2D eigenvalue weighted by molar-refractivity contribution is -0.133. The number of aryl methyl sites for hydroxylation is 1. The lowest BCUT2D eigenvalue weighted by atomic mass is 10.1. The van der Waals surface area contributed by atoms with Crippen molar-refractivity contribution in [1.82, 2.24) is 9.80 Å². The molecule has 0 saturated carbocycles. The van der Waals surface area contributed by atoms with Crippen molar-refractivity contribution in [3.05, 3.63) is 29.8 Å². The minimum atomic E-state index is -0.304. The third-order valence-corrected chi connectivity index (χ3v) is 4.26. The van der Waals surface area contributed by atoms with Crippen molar-refractivity contribution < 1.29 is 14.6 Å². The molecule has 0 aromatic heterocycles. The quantitative estimate of drug-likeness (QED) is 0.828. The molecule has 1 aromatic carbocycles. The highest BCUT2D eigenvalue weighted by Gasteiger charge is 2.21. The van der Waals surface area contributed by atoms with Crippen LogP contribution in [-0.4, -0.2) is 66.8 Å². The van der Waals surface area contributed by atoms with Gasteiger partial charge in [0.2, 0.25) is 5.91 Å². The van der Waals surface area contributed by atoms with Crippen LogP contribution in [0.4, 0.5) is 0 Å². The van der Waals surface area contributed by atoms with E-state index in [-0.39, 0.29) is 12.0 Å². The van der Waals surface area contributed by atoms with Crippen LogP contribution >= 0.6 is 0 Å². The molecule has 0 radical (unpaired) electrons. The van der Waals surface area contributed by atoms with Crippen molar-refractivity contribution >= 4 is 5.91 Å². The largest absolute Gasteiger partial charge is 0.497 e. The first-order valence-electron chi connectivity index (χ1n) is 8.39. The first-order valence-corrected chi connectivity index (χ1v) is 8.39. The number of rotatable bonds is 7. The second kappa shape index (κ2) is 8.89. The molecule has 2 rings (SSSR count). The number of ether oxygens (including phenoxy) is 1. The Morgan fingerprint density at radius 2 is 1.87 bits per heavy atom. The Morgan fingerprint density at radius 1 is 1.22 bits per heavy atom. The van der Waals surface area contributed by atoms with Gasteiger partial charge in [0.15, 0.2) is 0 Å². The highest BCUT2D eigenvalue weighted by Crippen LogP contribution is 2.14. The van der Waals surface area contributed by atoms with E-state index in [9.17, 15) is 9.90 Å². The highest BCUT2D eigenvalue weighted by atomic mass is 16.5. The molecular weight excluding hydrogens is 292 g/mol. The molecule has 23 heavy (non-hydrogen) atoms. The molecule has 1 aliphatic heterocycles. The molecule has 1 atom stereocenters. The van der Waals surface area contributed by atoms with E-state index < -0.39 is 0 Å². The van der Waals surface area contributed by atoms with E-state index in [1.165, 1.54) is 5.56 Å². The summed E-state index contributed by atoms with van der Waals surface area (Å²) in [5, 5.41) is 9.41. The second-order valence-corrected chi connectivity index (χ2v) is 6.23. The Morgan fingerprint density at radius 3 is 2.43 bits per heavy atom. The van der Waals surface area contributed by atoms with E-state index in [4.69, 9.17) is 4.74 Å². The number of carbonyl (C=O) groups is 1. The summed E-state index contributed by atoms with van der Waals surface area (Å²) >= 11 is 0. The van der Waals surface area contributed by atoms with Crippen molar-refractivity contribution in [3.63, 3.8) is 0 Å². The van der Waals surface area contributed by atoms with Crippen molar-refractivity contribution in [1.29, 1.82) is 0 Å². The zero-order valence-corrected chi connectivity index (χ0v) is 14.2. The molecule has 0 spiro atoms. The molecule has 5 nitrogen and oxygen atoms in total. The summed E-state index contributed by atoms with van der Waals surface area (Å²) in [7, 11) is 1.66. The van der Waals surface area contributed by atoms with Crippen molar-refractivity contribution in [3.8, 4) is 5.75 Å². The predicted octanol–water partition coefficient (Wildman–Crippen LogP) is 1.54. The van der Waals surface area contributed by atoms with Gasteiger partial charge >= 0.3 is 0 Å². The number of hydrogen-bond acceptors (Lipinski definition) is 4. The topological polar surface area (TPSA) is 53.0 Å². The zero-order valence-electron chi connectivity index (χ0n) is 14.2. The molecule has 128 valence electrons. The van der Waals surface area contributed by atoms with Crippen molar-refractivity contribution in [2.24, 2.45) is 0 Å². The molecule has 0 unspecified atom stereocenters. The number of benzene rings is 1. The third kappa shape index (κ3) is 5.84. The summed E-state index contributed by atoms with van der Waals surface area (Å²) in [6.45, 7) is 5.75. The number of methoxy groups -OCH3 is 1. The summed E-state index contributed by atoms with van der Waals surface area (Å²) < 4.78 is 5.14. The number of aliphatic hydroxyl groups excluding tert-OH is 1. The van der Waals surface area contributed by atoms with Gasteiger partial charge in [0.25, 0.3) is 0 Å². The molecule has 5 heteroatoms. The van der Waals surface area contributed by atoms with Gasteiger partial charge in [-0.2, -0.15) is 0 Å². The summed E-state index contributed by atoms with van der Waals surface area (Å²) in [4.78, 5) is 16.4. The molecule has 0 bridgehead atoms. The molecule has 1 aliphatic rings. The Bertz CT molecular complexity index is 480. The summed E-state index contributed by atoms with van der Waals surface area (Å²) in [5.74, 6) is 1.11. The maximum Gasteiger partial charge on any atom is 0.222 e. The molecule has 1 N–H and O–H groups in total. The fraction of sp³-hybridized carbons (Fsp3) is 0.611. The smallest absolute Gasteiger partial charge is 0.222 e. The molecule has 1 saturated heterocycles. The van der Waals surface area contributed by atoms with E-state index in [2.05, 4.69) is 17.0 Å². The minimum Gasteiger partial charge on any atom is -0.497 e. The summed E-state index contributed by atoms with van der Waals surface area (Å²) in [5.41, 5.74) is 1.24. The zero-order chi connectivity index (χ0) is 16.7. The minimum absolute atomic E-state index is 0.246. The van der Waals surface area contributed by atoms with Crippen molar-refractivity contribution in [2.45, 2.75) is 32.3 Å². The number of amides is 1. The third-order valence-electron chi connectivity index (χ3n) is 4.26. The Hall–Kier alpha value is -1.59. The SMILES string of the molecule is COc1ccc(CCCC(=O)N2CCN(C[C@H](C)O)CC2)cc1. The molecule has 1 aromatic rings. The standard InChI is InChI=1S/C18H28N2O3/c1-15(21)14-19-10-12-20(13-11-19)18(22)5-3-4-16-6-8-17(23-2)9-7-16/h6-9,15,21H,3-5,10-14H2,1-2H3/t15-/m0/s1. The summed E-state index contributed by atoms with van der Waals surface area (Å²) in [6, 6.07) is 8.02. The van der Waals surface area contributed by atoms with E-state index in [1.54, 1.807) is 14.0 Å². The van der Waals surface area contributed by atoms with E-state index in [0.29, 0.717) is 13.0 Å². The number of β-amino-alcohol motifs (C(OH)–C–C–N with tert-alkyl or cyclic N) is 1. The lowest BCUT2D eigenvalue weighted by Gasteiger charge is -2.35. The average Bonchev–Trinajstić information content (AvgIpc) is 2.55.